The number of para-hydroxylation sites is 1. The smallest absolute Gasteiger partial charge is 0.459 e. The van der Waals surface area contributed by atoms with Crippen molar-refractivity contribution in [3.63, 3.8) is 0 Å². The van der Waals surface area contributed by atoms with Crippen LogP contribution in [0.5, 0.6) is 5.75 Å². The molecule has 7 unspecified atom stereocenters. The van der Waals surface area contributed by atoms with E-state index in [1.54, 1.807) is 48.7 Å². The molecule has 0 amide bonds. The lowest BCUT2D eigenvalue weighted by Gasteiger charge is -2.63. The zero-order valence-corrected chi connectivity index (χ0v) is 22.4. The molecule has 208 valence electrons. The zero-order chi connectivity index (χ0) is 27.6. The molecule has 0 spiro atoms. The average Bonchev–Trinajstić information content (AvgIpc) is 3.28. The van der Waals surface area contributed by atoms with Gasteiger partial charge in [-0.25, -0.2) is 19.5 Å². The Labute approximate surface area is 223 Å². The van der Waals surface area contributed by atoms with Crippen LogP contribution in [0.4, 0.5) is 5.82 Å². The number of esters is 1. The van der Waals surface area contributed by atoms with Gasteiger partial charge in [0.15, 0.2) is 23.3 Å². The number of nitrogens with two attached hydrogens (primary N) is 1. The molecule has 7 atom stereocenters. The maximum atomic E-state index is 14.0. The van der Waals surface area contributed by atoms with Crippen LogP contribution < -0.4 is 15.3 Å². The summed E-state index contributed by atoms with van der Waals surface area (Å²) in [5.74, 6) is -0.152. The van der Waals surface area contributed by atoms with Crippen molar-refractivity contribution in [3.8, 4) is 5.75 Å². The van der Waals surface area contributed by atoms with Crippen molar-refractivity contribution in [2.45, 2.75) is 69.0 Å². The van der Waals surface area contributed by atoms with Crippen LogP contribution in [-0.4, -0.2) is 72.8 Å². The van der Waals surface area contributed by atoms with Gasteiger partial charge in [-0.05, 0) is 32.9 Å². The van der Waals surface area contributed by atoms with Crippen LogP contribution in [0.15, 0.2) is 43.0 Å². The van der Waals surface area contributed by atoms with Crippen LogP contribution in [0.25, 0.3) is 11.2 Å². The Morgan fingerprint density at radius 2 is 2.05 bits per heavy atom. The highest BCUT2D eigenvalue weighted by atomic mass is 31.2. The van der Waals surface area contributed by atoms with Crippen LogP contribution >= 0.6 is 7.75 Å². The topological polar surface area (TPSA) is 182 Å². The van der Waals surface area contributed by atoms with Gasteiger partial charge in [-0.1, -0.05) is 18.2 Å². The second-order valence-electron chi connectivity index (χ2n) is 10.2. The lowest BCUT2D eigenvalue weighted by atomic mass is 9.58. The first-order valence-corrected chi connectivity index (χ1v) is 14.1. The van der Waals surface area contributed by atoms with E-state index in [2.05, 4.69) is 20.0 Å². The normalized spacial score (nSPS) is 31.2. The SMILES string of the molecule is CC(C)OC(=O)C(C)NP(=O)(OCC12CC3OC(C(n4cnc5c(N)ncnc54)O1)C32O)Oc1ccccc1. The third-order valence-corrected chi connectivity index (χ3v) is 8.86. The number of rotatable bonds is 10. The van der Waals surface area contributed by atoms with Crippen molar-refractivity contribution in [2.24, 2.45) is 0 Å². The fourth-order valence-corrected chi connectivity index (χ4v) is 6.83. The number of imidazole rings is 1. The minimum Gasteiger partial charge on any atom is -0.462 e. The highest BCUT2D eigenvalue weighted by Crippen LogP contribution is 2.67. The number of aromatic nitrogens is 4. The predicted molar refractivity (Wildman–Crippen MR) is 135 cm³/mol. The monoisotopic (exact) mass is 560 g/mol. The Morgan fingerprint density at radius 1 is 1.28 bits per heavy atom. The first-order chi connectivity index (χ1) is 18.6. The standard InChI is InChI=1S/C24H29N6O8P/c1-13(2)35-22(31)14(3)29-39(33,38-15-7-5-4-6-8-15)34-10-23-9-16-24(23,32)18(36-16)21(37-23)30-12-28-17-19(25)26-11-27-20(17)30/h4-8,11-14,16,18,21,32H,9-10H2,1-3H3,(H,29,33)(H2,25,26,27). The number of benzene rings is 1. The lowest BCUT2D eigenvalue weighted by molar-refractivity contribution is -0.373. The summed E-state index contributed by atoms with van der Waals surface area (Å²) in [6, 6.07) is 7.39. The Balaban J connectivity index is 1.25. The van der Waals surface area contributed by atoms with Crippen LogP contribution in [0, 0.1) is 0 Å². The van der Waals surface area contributed by atoms with E-state index >= 15 is 0 Å². The molecule has 15 heteroatoms. The predicted octanol–water partition coefficient (Wildman–Crippen LogP) is 1.71. The van der Waals surface area contributed by atoms with Gasteiger partial charge in [-0.2, -0.15) is 5.09 Å². The molecule has 0 bridgehead atoms. The van der Waals surface area contributed by atoms with Crippen LogP contribution in [-0.2, 0) is 28.1 Å². The molecule has 39 heavy (non-hydrogen) atoms. The third kappa shape index (κ3) is 4.10. The molecule has 14 nitrogen and oxygen atoms in total. The molecule has 0 radical (unpaired) electrons. The molecule has 2 aliphatic heterocycles. The van der Waals surface area contributed by atoms with Crippen molar-refractivity contribution in [1.29, 1.82) is 0 Å². The van der Waals surface area contributed by atoms with Crippen molar-refractivity contribution in [2.75, 3.05) is 12.3 Å². The minimum atomic E-state index is -4.18. The molecule has 2 saturated heterocycles. The number of hydrogen-bond acceptors (Lipinski definition) is 12. The molecular weight excluding hydrogens is 531 g/mol. The number of nitrogens with zero attached hydrogens (tertiary/aromatic N) is 4. The molecule has 1 aromatic carbocycles. The van der Waals surface area contributed by atoms with E-state index in [0.717, 1.165) is 0 Å². The number of nitrogen functional groups attached to an aromatic ring is 1. The fourth-order valence-electron chi connectivity index (χ4n) is 5.29. The summed E-state index contributed by atoms with van der Waals surface area (Å²) in [7, 11) is -4.18. The molecule has 3 aromatic rings. The Kier molecular flexibility index (Phi) is 6.17. The number of aliphatic hydroxyl groups is 1. The number of carbonyl (C=O) groups is 1. The molecular formula is C24H29N6O8P. The first-order valence-electron chi connectivity index (χ1n) is 12.5. The Hall–Kier alpha value is -3.13. The average molecular weight is 561 g/mol. The maximum Gasteiger partial charge on any atom is 0.459 e. The van der Waals surface area contributed by atoms with Gasteiger partial charge in [0.05, 0.1) is 25.1 Å². The number of fused-ring (bicyclic) bond motifs is 1. The van der Waals surface area contributed by atoms with Gasteiger partial charge in [-0.15, -0.1) is 0 Å². The van der Waals surface area contributed by atoms with Gasteiger partial charge in [-0.3, -0.25) is 13.9 Å². The summed E-state index contributed by atoms with van der Waals surface area (Å²) in [5.41, 5.74) is 4.05. The molecule has 3 aliphatic rings. The minimum absolute atomic E-state index is 0.207. The summed E-state index contributed by atoms with van der Waals surface area (Å²) in [6.45, 7) is 4.60. The largest absolute Gasteiger partial charge is 0.462 e. The van der Waals surface area contributed by atoms with Crippen molar-refractivity contribution in [1.82, 2.24) is 24.6 Å². The Morgan fingerprint density at radius 3 is 2.77 bits per heavy atom. The number of carbonyl (C=O) groups excluding carboxylic acids is 1. The molecule has 4 heterocycles. The number of hydrogen-bond donors (Lipinski definition) is 3. The third-order valence-electron chi connectivity index (χ3n) is 7.24. The highest BCUT2D eigenvalue weighted by molar-refractivity contribution is 7.52. The second-order valence-corrected chi connectivity index (χ2v) is 11.9. The summed E-state index contributed by atoms with van der Waals surface area (Å²) >= 11 is 0. The van der Waals surface area contributed by atoms with Crippen LogP contribution in [0.1, 0.15) is 33.4 Å². The highest BCUT2D eigenvalue weighted by Gasteiger charge is 2.84. The molecule has 6 rings (SSSR count). The van der Waals surface area contributed by atoms with Gasteiger partial charge in [0.1, 0.15) is 35.3 Å². The zero-order valence-electron chi connectivity index (χ0n) is 21.5. The van der Waals surface area contributed by atoms with E-state index in [4.69, 9.17) is 29.0 Å². The maximum absolute atomic E-state index is 14.0. The van der Waals surface area contributed by atoms with E-state index in [1.807, 2.05) is 0 Å². The molecule has 1 aliphatic carbocycles. The van der Waals surface area contributed by atoms with E-state index in [0.29, 0.717) is 11.2 Å². The summed E-state index contributed by atoms with van der Waals surface area (Å²) in [5, 5.41) is 14.3. The van der Waals surface area contributed by atoms with Gasteiger partial charge < -0.3 is 29.6 Å². The van der Waals surface area contributed by atoms with E-state index in [9.17, 15) is 14.5 Å². The number of anilines is 1. The molecule has 4 N–H and O–H groups in total. The first kappa shape index (κ1) is 26.1. The van der Waals surface area contributed by atoms with Crippen LogP contribution in [0.2, 0.25) is 0 Å². The second kappa shape index (κ2) is 9.22. The molecule has 3 fully saturated rings. The Bertz CT molecular complexity index is 1450. The fraction of sp³-hybridized carbons (Fsp3) is 0.500. The van der Waals surface area contributed by atoms with E-state index < -0.39 is 49.4 Å². The summed E-state index contributed by atoms with van der Waals surface area (Å²) in [4.78, 5) is 24.9. The van der Waals surface area contributed by atoms with E-state index in [1.165, 1.54) is 19.6 Å². The van der Waals surface area contributed by atoms with E-state index in [-0.39, 0.29) is 30.7 Å². The van der Waals surface area contributed by atoms with Gasteiger partial charge in [0.2, 0.25) is 0 Å². The number of nitrogens with one attached hydrogen (secondary N) is 1. The molecule has 2 aromatic heterocycles. The summed E-state index contributed by atoms with van der Waals surface area (Å²) < 4.78 is 44.7. The lowest BCUT2D eigenvalue weighted by Crippen LogP contribution is -2.83. The van der Waals surface area contributed by atoms with Gasteiger partial charge in [0.25, 0.3) is 0 Å². The van der Waals surface area contributed by atoms with Gasteiger partial charge in [0, 0.05) is 6.42 Å². The van der Waals surface area contributed by atoms with Crippen LogP contribution in [0.3, 0.4) is 0 Å². The quantitative estimate of drug-likeness (QED) is 0.241. The molecule has 1 saturated carbocycles. The van der Waals surface area contributed by atoms with Crippen molar-refractivity contribution in [3.05, 3.63) is 43.0 Å². The number of ether oxygens (including phenoxy) is 3. The van der Waals surface area contributed by atoms with Crippen molar-refractivity contribution >= 4 is 30.7 Å². The van der Waals surface area contributed by atoms with Gasteiger partial charge >= 0.3 is 13.7 Å². The summed E-state index contributed by atoms with van der Waals surface area (Å²) in [6.07, 6.45) is 0.689. The van der Waals surface area contributed by atoms with Crippen molar-refractivity contribution < 1.29 is 37.7 Å².